The predicted octanol–water partition coefficient (Wildman–Crippen LogP) is 4.14. The maximum atomic E-state index is 12.6. The van der Waals surface area contributed by atoms with Gasteiger partial charge in [0.2, 0.25) is 0 Å². The van der Waals surface area contributed by atoms with Gasteiger partial charge in [0.15, 0.2) is 0 Å². The molecule has 3 aromatic rings. The molecule has 0 radical (unpaired) electrons. The lowest BCUT2D eigenvalue weighted by molar-refractivity contribution is 0.0599. The minimum atomic E-state index is -0.423. The van der Waals surface area contributed by atoms with Crippen molar-refractivity contribution in [3.63, 3.8) is 0 Å². The summed E-state index contributed by atoms with van der Waals surface area (Å²) in [6.07, 6.45) is 1.36. The van der Waals surface area contributed by atoms with Crippen molar-refractivity contribution in [1.82, 2.24) is 15.3 Å². The number of esters is 1. The third kappa shape index (κ3) is 4.18. The SMILES string of the molecule is CCc1[nH]c(C(=O)NCCc2ccc(-c3csc(C)n3)s2)c(C)c1C(=O)OC. The number of carbonyl (C=O) groups excluding carboxylic acids is 2. The molecule has 148 valence electrons. The lowest BCUT2D eigenvalue weighted by Gasteiger charge is -2.04. The van der Waals surface area contributed by atoms with Gasteiger partial charge >= 0.3 is 5.97 Å². The van der Waals surface area contributed by atoms with Crippen molar-refractivity contribution in [3.8, 4) is 10.6 Å². The number of ether oxygens (including phenoxy) is 1. The Morgan fingerprint density at radius 3 is 2.71 bits per heavy atom. The first-order valence-electron chi connectivity index (χ1n) is 9.03. The topological polar surface area (TPSA) is 84.1 Å². The van der Waals surface area contributed by atoms with Crippen molar-refractivity contribution in [3.05, 3.63) is 49.9 Å². The molecule has 0 aliphatic heterocycles. The molecular weight excluding hydrogens is 394 g/mol. The predicted molar refractivity (Wildman–Crippen MR) is 112 cm³/mol. The van der Waals surface area contributed by atoms with E-state index in [0.717, 1.165) is 27.7 Å². The summed E-state index contributed by atoms with van der Waals surface area (Å²) >= 11 is 3.33. The second-order valence-corrected chi connectivity index (χ2v) is 8.58. The molecule has 0 saturated heterocycles. The summed E-state index contributed by atoms with van der Waals surface area (Å²) in [4.78, 5) is 34.5. The number of aryl methyl sites for hydroxylation is 2. The van der Waals surface area contributed by atoms with Crippen molar-refractivity contribution >= 4 is 34.6 Å². The van der Waals surface area contributed by atoms with E-state index in [-0.39, 0.29) is 5.91 Å². The minimum Gasteiger partial charge on any atom is -0.465 e. The Morgan fingerprint density at radius 2 is 2.07 bits per heavy atom. The zero-order valence-corrected chi connectivity index (χ0v) is 18.0. The van der Waals surface area contributed by atoms with E-state index in [2.05, 4.69) is 32.8 Å². The molecular formula is C20H23N3O3S2. The molecule has 0 spiro atoms. The number of amides is 1. The number of rotatable bonds is 7. The highest BCUT2D eigenvalue weighted by atomic mass is 32.1. The monoisotopic (exact) mass is 417 g/mol. The molecule has 3 heterocycles. The number of carbonyl (C=O) groups is 2. The molecule has 0 saturated carbocycles. The standard InChI is InChI=1S/C20H23N3O3S2/c1-5-14-17(20(25)26-4)11(2)18(23-14)19(24)21-9-8-13-6-7-16(28-13)15-10-27-12(3)22-15/h6-7,10,23H,5,8-9H2,1-4H3,(H,21,24). The lowest BCUT2D eigenvalue weighted by atomic mass is 10.1. The zero-order chi connectivity index (χ0) is 20.3. The number of aromatic amines is 1. The van der Waals surface area contributed by atoms with Gasteiger partial charge in [-0.3, -0.25) is 4.79 Å². The Labute approximate surface area is 172 Å². The molecule has 6 nitrogen and oxygen atoms in total. The molecule has 3 rings (SSSR count). The largest absolute Gasteiger partial charge is 0.465 e. The average molecular weight is 418 g/mol. The number of nitrogens with one attached hydrogen (secondary N) is 2. The van der Waals surface area contributed by atoms with Crippen LogP contribution < -0.4 is 5.32 Å². The third-order valence-corrected chi connectivity index (χ3v) is 6.43. The lowest BCUT2D eigenvalue weighted by Crippen LogP contribution is -2.26. The highest BCUT2D eigenvalue weighted by Gasteiger charge is 2.23. The highest BCUT2D eigenvalue weighted by Crippen LogP contribution is 2.29. The fraction of sp³-hybridized carbons (Fsp3) is 0.350. The molecule has 0 fully saturated rings. The van der Waals surface area contributed by atoms with E-state index in [1.807, 2.05) is 13.8 Å². The van der Waals surface area contributed by atoms with Crippen LogP contribution in [0.2, 0.25) is 0 Å². The third-order valence-electron chi connectivity index (χ3n) is 4.49. The highest BCUT2D eigenvalue weighted by molar-refractivity contribution is 7.16. The van der Waals surface area contributed by atoms with Crippen LogP contribution >= 0.6 is 22.7 Å². The first-order valence-corrected chi connectivity index (χ1v) is 10.7. The summed E-state index contributed by atoms with van der Waals surface area (Å²) in [6, 6.07) is 4.15. The molecule has 3 aromatic heterocycles. The summed E-state index contributed by atoms with van der Waals surface area (Å²) in [5, 5.41) is 6.05. The number of H-pyrrole nitrogens is 1. The number of aromatic nitrogens is 2. The molecule has 0 bridgehead atoms. The van der Waals surface area contributed by atoms with E-state index in [1.165, 1.54) is 12.0 Å². The first kappa shape index (κ1) is 20.3. The summed E-state index contributed by atoms with van der Waals surface area (Å²) in [5.74, 6) is -0.637. The summed E-state index contributed by atoms with van der Waals surface area (Å²) in [6.45, 7) is 6.20. The second-order valence-electron chi connectivity index (χ2n) is 6.35. The van der Waals surface area contributed by atoms with E-state index in [9.17, 15) is 9.59 Å². The van der Waals surface area contributed by atoms with Crippen LogP contribution in [0.15, 0.2) is 17.5 Å². The molecule has 0 unspecified atom stereocenters. The van der Waals surface area contributed by atoms with Gasteiger partial charge in [-0.15, -0.1) is 22.7 Å². The number of methoxy groups -OCH3 is 1. The van der Waals surface area contributed by atoms with Crippen LogP contribution in [0.25, 0.3) is 10.6 Å². The summed E-state index contributed by atoms with van der Waals surface area (Å²) in [5.41, 5.74) is 3.22. The van der Waals surface area contributed by atoms with Gasteiger partial charge in [-0.05, 0) is 44.4 Å². The average Bonchev–Trinajstić information content (AvgIpc) is 3.39. The minimum absolute atomic E-state index is 0.214. The van der Waals surface area contributed by atoms with Gasteiger partial charge in [0.1, 0.15) is 5.69 Å². The Morgan fingerprint density at radius 1 is 1.29 bits per heavy atom. The van der Waals surface area contributed by atoms with Gasteiger partial charge < -0.3 is 15.0 Å². The summed E-state index contributed by atoms with van der Waals surface area (Å²) in [7, 11) is 1.34. The molecule has 8 heteroatoms. The zero-order valence-electron chi connectivity index (χ0n) is 16.3. The fourth-order valence-electron chi connectivity index (χ4n) is 3.04. The Hall–Kier alpha value is -2.45. The van der Waals surface area contributed by atoms with Crippen LogP contribution in [0.1, 0.15) is 48.9 Å². The van der Waals surface area contributed by atoms with Gasteiger partial charge in [-0.2, -0.15) is 0 Å². The van der Waals surface area contributed by atoms with Crippen LogP contribution in [-0.2, 0) is 17.6 Å². The van der Waals surface area contributed by atoms with Crippen molar-refractivity contribution in [2.75, 3.05) is 13.7 Å². The van der Waals surface area contributed by atoms with E-state index >= 15 is 0 Å². The van der Waals surface area contributed by atoms with Crippen molar-refractivity contribution in [2.45, 2.75) is 33.6 Å². The number of hydrogen-bond acceptors (Lipinski definition) is 6. The van der Waals surface area contributed by atoms with Crippen LogP contribution in [-0.4, -0.2) is 35.5 Å². The van der Waals surface area contributed by atoms with Crippen LogP contribution in [0.4, 0.5) is 0 Å². The normalized spacial score (nSPS) is 10.9. The maximum Gasteiger partial charge on any atom is 0.339 e. The van der Waals surface area contributed by atoms with Gasteiger partial charge in [0.05, 0.1) is 28.3 Å². The molecule has 0 aromatic carbocycles. The quantitative estimate of drug-likeness (QED) is 0.566. The van der Waals surface area contributed by atoms with Crippen molar-refractivity contribution < 1.29 is 14.3 Å². The molecule has 0 atom stereocenters. The number of thiazole rings is 1. The molecule has 1 amide bonds. The van der Waals surface area contributed by atoms with Crippen LogP contribution in [0.3, 0.4) is 0 Å². The van der Waals surface area contributed by atoms with Crippen molar-refractivity contribution in [2.24, 2.45) is 0 Å². The second kappa shape index (κ2) is 8.70. The number of thiophene rings is 1. The summed E-state index contributed by atoms with van der Waals surface area (Å²) < 4.78 is 4.84. The van der Waals surface area contributed by atoms with Crippen molar-refractivity contribution in [1.29, 1.82) is 0 Å². The van der Waals surface area contributed by atoms with E-state index in [4.69, 9.17) is 4.74 Å². The van der Waals surface area contributed by atoms with Gasteiger partial charge in [0.25, 0.3) is 5.91 Å². The van der Waals surface area contributed by atoms with E-state index < -0.39 is 5.97 Å². The van der Waals surface area contributed by atoms with E-state index in [1.54, 1.807) is 29.6 Å². The van der Waals surface area contributed by atoms with Gasteiger partial charge in [-0.1, -0.05) is 6.92 Å². The Kier molecular flexibility index (Phi) is 6.31. The van der Waals surface area contributed by atoms with Crippen LogP contribution in [0.5, 0.6) is 0 Å². The fourth-order valence-corrected chi connectivity index (χ4v) is 4.70. The van der Waals surface area contributed by atoms with E-state index in [0.29, 0.717) is 29.8 Å². The smallest absolute Gasteiger partial charge is 0.339 e. The molecule has 0 aliphatic carbocycles. The van der Waals surface area contributed by atoms with Crippen LogP contribution in [0, 0.1) is 13.8 Å². The molecule has 2 N–H and O–H groups in total. The molecule has 0 aliphatic rings. The Bertz CT molecular complexity index is 1000. The number of nitrogens with zero attached hydrogens (tertiary/aromatic N) is 1. The molecule has 28 heavy (non-hydrogen) atoms. The maximum absolute atomic E-state index is 12.6. The van der Waals surface area contributed by atoms with Gasteiger partial charge in [-0.25, -0.2) is 9.78 Å². The Balaban J connectivity index is 1.63. The van der Waals surface area contributed by atoms with Gasteiger partial charge in [0, 0.05) is 22.5 Å². The first-order chi connectivity index (χ1) is 13.4. The number of hydrogen-bond donors (Lipinski definition) is 2.